The number of alkyl halides is 4. The van der Waals surface area contributed by atoms with Gasteiger partial charge in [-0.15, -0.1) is 0 Å². The molecule has 0 aromatic heterocycles. The standard InChI is InChI=1S/C16H12Cl2I4O2S/c17-13-5-1-11(2-6-13)9-15(19,20)25(23,24)16(21,22)10-12-3-7-14(18)8-4-12/h1-8H,9-10H2. The minimum atomic E-state index is -3.47. The number of benzene rings is 2. The van der Waals surface area contributed by atoms with Gasteiger partial charge in [-0.05, 0) is 126 Å². The van der Waals surface area contributed by atoms with E-state index in [2.05, 4.69) is 0 Å². The van der Waals surface area contributed by atoms with Crippen LogP contribution in [-0.2, 0) is 22.7 Å². The van der Waals surface area contributed by atoms with Crippen molar-refractivity contribution in [3.05, 3.63) is 69.7 Å². The summed E-state index contributed by atoms with van der Waals surface area (Å²) in [6.07, 6.45) is 0.810. The molecule has 0 heterocycles. The third-order valence-electron chi connectivity index (χ3n) is 3.43. The number of halogens is 6. The molecule has 0 N–H and O–H groups in total. The fourth-order valence-corrected chi connectivity index (χ4v) is 14.8. The van der Waals surface area contributed by atoms with Crippen molar-refractivity contribution in [2.45, 2.75) is 14.4 Å². The fourth-order valence-electron chi connectivity index (χ4n) is 2.09. The van der Waals surface area contributed by atoms with Crippen molar-refractivity contribution in [2.24, 2.45) is 0 Å². The summed E-state index contributed by atoms with van der Waals surface area (Å²) in [5.41, 5.74) is 1.87. The highest BCUT2D eigenvalue weighted by molar-refractivity contribution is 14.2. The first-order chi connectivity index (χ1) is 11.4. The molecule has 0 aliphatic heterocycles. The van der Waals surface area contributed by atoms with Crippen LogP contribution in [0.15, 0.2) is 48.5 Å². The van der Waals surface area contributed by atoms with Gasteiger partial charge in [0.2, 0.25) is 0 Å². The monoisotopic (exact) mass is 846 g/mol. The van der Waals surface area contributed by atoms with Crippen LogP contribution in [-0.4, -0.2) is 9.94 Å². The normalized spacial score (nSPS) is 13.0. The second kappa shape index (κ2) is 9.14. The van der Waals surface area contributed by atoms with Gasteiger partial charge in [-0.3, -0.25) is 0 Å². The number of rotatable bonds is 6. The van der Waals surface area contributed by atoms with Crippen molar-refractivity contribution in [3.8, 4) is 0 Å². The van der Waals surface area contributed by atoms with Gasteiger partial charge in [0, 0.05) is 22.9 Å². The summed E-state index contributed by atoms with van der Waals surface area (Å²) in [6.45, 7) is 0. The first-order valence-corrected chi connectivity index (χ1v) is 13.5. The third kappa shape index (κ3) is 5.94. The van der Waals surface area contributed by atoms with Crippen molar-refractivity contribution >= 4 is 123 Å². The molecule has 25 heavy (non-hydrogen) atoms. The molecule has 0 aliphatic carbocycles. The molecule has 0 saturated carbocycles. The molecule has 0 unspecified atom stereocenters. The molecule has 2 aromatic rings. The van der Waals surface area contributed by atoms with Gasteiger partial charge in [0.15, 0.2) is 11.4 Å². The topological polar surface area (TPSA) is 34.1 Å². The van der Waals surface area contributed by atoms with Gasteiger partial charge in [0.1, 0.15) is 0 Å². The lowest BCUT2D eigenvalue weighted by Crippen LogP contribution is -2.40. The Kier molecular flexibility index (Phi) is 8.47. The Morgan fingerprint density at radius 2 is 0.960 bits per heavy atom. The van der Waals surface area contributed by atoms with Gasteiger partial charge >= 0.3 is 0 Å². The summed E-state index contributed by atoms with van der Waals surface area (Å²) in [5.74, 6) is 0. The number of hydrogen-bond donors (Lipinski definition) is 0. The van der Waals surface area contributed by atoms with Crippen LogP contribution in [0.5, 0.6) is 0 Å². The first kappa shape index (κ1) is 23.2. The average molecular weight is 847 g/mol. The van der Waals surface area contributed by atoms with E-state index in [-0.39, 0.29) is 0 Å². The van der Waals surface area contributed by atoms with Crippen LogP contribution in [0.1, 0.15) is 11.1 Å². The molecule has 0 radical (unpaired) electrons. The summed E-state index contributed by atoms with van der Waals surface area (Å²) >= 11 is 20.0. The van der Waals surface area contributed by atoms with Gasteiger partial charge in [0.05, 0.1) is 0 Å². The molecule has 0 atom stereocenters. The van der Waals surface area contributed by atoms with E-state index in [1.165, 1.54) is 0 Å². The van der Waals surface area contributed by atoms with Crippen LogP contribution in [0.3, 0.4) is 0 Å². The minimum absolute atomic E-state index is 0.405. The number of sulfone groups is 1. The smallest absolute Gasteiger partial charge is 0.199 e. The van der Waals surface area contributed by atoms with Crippen molar-refractivity contribution in [1.29, 1.82) is 0 Å². The average Bonchev–Trinajstić information content (AvgIpc) is 2.51. The van der Waals surface area contributed by atoms with E-state index in [9.17, 15) is 8.42 Å². The molecule has 0 spiro atoms. The summed E-state index contributed by atoms with van der Waals surface area (Å²) < 4.78 is 24.7. The molecule has 2 rings (SSSR count). The maximum absolute atomic E-state index is 13.3. The lowest BCUT2D eigenvalue weighted by molar-refractivity contribution is 0.589. The van der Waals surface area contributed by atoms with Gasteiger partial charge in [-0.25, -0.2) is 8.42 Å². The molecule has 9 heteroatoms. The minimum Gasteiger partial charge on any atom is -0.224 e. The van der Waals surface area contributed by atoms with Gasteiger partial charge in [-0.1, -0.05) is 47.5 Å². The van der Waals surface area contributed by atoms with Gasteiger partial charge < -0.3 is 0 Å². The third-order valence-corrected chi connectivity index (χ3v) is 14.3. The fraction of sp³-hybridized carbons (Fsp3) is 0.250. The summed E-state index contributed by atoms with van der Waals surface area (Å²) in [4.78, 5) is 0. The van der Waals surface area contributed by atoms with Gasteiger partial charge in [0.25, 0.3) is 0 Å². The van der Waals surface area contributed by atoms with Crippen molar-refractivity contribution in [2.75, 3.05) is 0 Å². The predicted molar refractivity (Wildman–Crippen MR) is 141 cm³/mol. The molecule has 2 nitrogen and oxygen atoms in total. The zero-order chi connectivity index (χ0) is 18.9. The highest BCUT2D eigenvalue weighted by Crippen LogP contribution is 2.50. The Hall–Kier alpha value is 1.89. The van der Waals surface area contributed by atoms with Gasteiger partial charge in [-0.2, -0.15) is 0 Å². The first-order valence-electron chi connectivity index (χ1n) is 6.93. The number of hydrogen-bond acceptors (Lipinski definition) is 2. The summed E-state index contributed by atoms with van der Waals surface area (Å²) in [5, 5.41) is 1.28. The van der Waals surface area contributed by atoms with E-state index in [1.807, 2.05) is 115 Å². The maximum atomic E-state index is 13.3. The molecule has 0 fully saturated rings. The van der Waals surface area contributed by atoms with Crippen molar-refractivity contribution < 1.29 is 8.42 Å². The molecular weight excluding hydrogens is 835 g/mol. The quantitative estimate of drug-likeness (QED) is 0.227. The van der Waals surface area contributed by atoms with Crippen LogP contribution in [0, 0.1) is 0 Å². The molecule has 136 valence electrons. The molecule has 0 amide bonds. The Labute approximate surface area is 212 Å². The highest BCUT2D eigenvalue weighted by atomic mass is 127. The van der Waals surface area contributed by atoms with E-state index >= 15 is 0 Å². The van der Waals surface area contributed by atoms with Crippen LogP contribution < -0.4 is 0 Å². The zero-order valence-electron chi connectivity index (χ0n) is 12.5. The van der Waals surface area contributed by atoms with E-state index in [0.29, 0.717) is 22.9 Å². The van der Waals surface area contributed by atoms with Crippen molar-refractivity contribution in [3.63, 3.8) is 0 Å². The van der Waals surface area contributed by atoms with E-state index in [1.54, 1.807) is 24.3 Å². The highest BCUT2D eigenvalue weighted by Gasteiger charge is 2.51. The Bertz CT molecular complexity index is 770. The second-order valence-corrected chi connectivity index (χ2v) is 23.1. The summed E-state index contributed by atoms with van der Waals surface area (Å²) in [7, 11) is -3.47. The Morgan fingerprint density at radius 3 is 1.24 bits per heavy atom. The van der Waals surface area contributed by atoms with E-state index < -0.39 is 11.4 Å². The SMILES string of the molecule is O=S(=O)(C(I)(I)Cc1ccc(Cl)cc1)C(I)(I)Cc1ccc(Cl)cc1. The zero-order valence-corrected chi connectivity index (χ0v) is 23.5. The van der Waals surface area contributed by atoms with Crippen LogP contribution >= 0.6 is 114 Å². The lowest BCUT2D eigenvalue weighted by Gasteiger charge is -2.30. The molecule has 2 aromatic carbocycles. The lowest BCUT2D eigenvalue weighted by atomic mass is 10.2. The maximum Gasteiger partial charge on any atom is 0.199 e. The van der Waals surface area contributed by atoms with E-state index in [0.717, 1.165) is 11.1 Å². The van der Waals surface area contributed by atoms with Crippen LogP contribution in [0.4, 0.5) is 0 Å². The summed E-state index contributed by atoms with van der Waals surface area (Å²) in [6, 6.07) is 14.6. The Balaban J connectivity index is 2.26. The molecule has 0 bridgehead atoms. The largest absolute Gasteiger partial charge is 0.224 e. The molecule has 0 aliphatic rings. The van der Waals surface area contributed by atoms with Crippen LogP contribution in [0.2, 0.25) is 10.0 Å². The second-order valence-electron chi connectivity index (χ2n) is 5.38. The van der Waals surface area contributed by atoms with Crippen molar-refractivity contribution in [1.82, 2.24) is 0 Å². The molecular formula is C16H12Cl2I4O2S. The predicted octanol–water partition coefficient (Wildman–Crippen LogP) is 7.24. The molecule has 0 saturated heterocycles. The van der Waals surface area contributed by atoms with E-state index in [4.69, 9.17) is 23.2 Å². The Morgan fingerprint density at radius 1 is 0.680 bits per heavy atom. The van der Waals surface area contributed by atoms with Crippen LogP contribution in [0.25, 0.3) is 0 Å².